The van der Waals surface area contributed by atoms with Gasteiger partial charge in [-0.3, -0.25) is 19.8 Å². The Balaban J connectivity index is 1.25. The minimum absolute atomic E-state index is 0.115. The van der Waals surface area contributed by atoms with Crippen molar-refractivity contribution < 1.29 is 23.5 Å². The number of hydrogen-bond acceptors (Lipinski definition) is 6. The van der Waals surface area contributed by atoms with Crippen LogP contribution in [-0.2, 0) is 14.3 Å². The van der Waals surface area contributed by atoms with Gasteiger partial charge in [-0.15, -0.1) is 0 Å². The lowest BCUT2D eigenvalue weighted by Gasteiger charge is -2.48. The largest absolute Gasteiger partial charge is 0.444 e. The Kier molecular flexibility index (Phi) is 6.61. The molecule has 3 fully saturated rings. The lowest BCUT2D eigenvalue weighted by molar-refractivity contribution is -0.134. The van der Waals surface area contributed by atoms with E-state index in [2.05, 4.69) is 15.5 Å². The molecule has 3 aliphatic rings. The monoisotopic (exact) mass is 460 g/mol. The molecule has 0 aliphatic carbocycles. The molecule has 2 N–H and O–H groups in total. The number of alkyl carbamates (subject to hydrolysis) is 1. The van der Waals surface area contributed by atoms with Crippen molar-refractivity contribution in [2.24, 2.45) is 0 Å². The van der Waals surface area contributed by atoms with E-state index in [9.17, 15) is 18.8 Å². The van der Waals surface area contributed by atoms with E-state index in [1.807, 2.05) is 25.7 Å². The van der Waals surface area contributed by atoms with E-state index in [0.29, 0.717) is 23.7 Å². The highest BCUT2D eigenvalue weighted by Crippen LogP contribution is 2.32. The van der Waals surface area contributed by atoms with Crippen molar-refractivity contribution in [1.29, 1.82) is 0 Å². The SMILES string of the molecule is CC(C)(C)OC(=O)NC1CCN(C2CN(c3ccc(C4CCC(=O)NC4=O)cc3F)C2)CC1. The Morgan fingerprint density at radius 1 is 1.15 bits per heavy atom. The van der Waals surface area contributed by atoms with Gasteiger partial charge in [0, 0.05) is 44.7 Å². The topological polar surface area (TPSA) is 91.0 Å². The van der Waals surface area contributed by atoms with E-state index in [-0.39, 0.29) is 36.2 Å². The second-order valence-electron chi connectivity index (χ2n) is 10.2. The van der Waals surface area contributed by atoms with Gasteiger partial charge in [0.2, 0.25) is 11.8 Å². The number of ether oxygens (including phenoxy) is 1. The number of likely N-dealkylation sites (tertiary alicyclic amines) is 1. The molecule has 0 spiro atoms. The zero-order valence-electron chi connectivity index (χ0n) is 19.5. The fraction of sp³-hybridized carbons (Fsp3) is 0.625. The van der Waals surface area contributed by atoms with Gasteiger partial charge in [-0.05, 0) is 57.7 Å². The Morgan fingerprint density at radius 3 is 2.45 bits per heavy atom. The highest BCUT2D eigenvalue weighted by Gasteiger charge is 2.36. The number of halogens is 1. The molecule has 1 aromatic carbocycles. The normalized spacial score (nSPS) is 23.2. The molecular formula is C24H33FN4O4. The summed E-state index contributed by atoms with van der Waals surface area (Å²) in [5, 5.41) is 5.28. The third-order valence-corrected chi connectivity index (χ3v) is 6.58. The average Bonchev–Trinajstić information content (AvgIpc) is 2.68. The maximum absolute atomic E-state index is 14.8. The van der Waals surface area contributed by atoms with Gasteiger partial charge >= 0.3 is 6.09 Å². The van der Waals surface area contributed by atoms with Crippen LogP contribution in [0.4, 0.5) is 14.9 Å². The number of amides is 3. The van der Waals surface area contributed by atoms with Crippen LogP contribution in [0.1, 0.15) is 57.9 Å². The summed E-state index contributed by atoms with van der Waals surface area (Å²) >= 11 is 0. The molecule has 4 rings (SSSR count). The summed E-state index contributed by atoms with van der Waals surface area (Å²) in [6.07, 6.45) is 2.05. The highest BCUT2D eigenvalue weighted by molar-refractivity contribution is 6.00. The number of carbonyl (C=O) groups excluding carboxylic acids is 3. The predicted molar refractivity (Wildman–Crippen MR) is 121 cm³/mol. The van der Waals surface area contributed by atoms with Crippen molar-refractivity contribution in [2.45, 2.75) is 70.1 Å². The molecule has 1 aromatic rings. The molecule has 1 unspecified atom stereocenters. The molecule has 8 nitrogen and oxygen atoms in total. The first-order valence-electron chi connectivity index (χ1n) is 11.7. The van der Waals surface area contributed by atoms with E-state index in [1.54, 1.807) is 12.1 Å². The Bertz CT molecular complexity index is 918. The van der Waals surface area contributed by atoms with Gasteiger partial charge in [-0.25, -0.2) is 9.18 Å². The second kappa shape index (κ2) is 9.29. The molecule has 33 heavy (non-hydrogen) atoms. The lowest BCUT2D eigenvalue weighted by atomic mass is 9.90. The maximum atomic E-state index is 14.8. The standard InChI is InChI=1S/C24H33FN4O4/c1-24(2,3)33-23(32)26-16-8-10-28(11-9-16)17-13-29(14-17)20-6-4-15(12-19(20)25)18-5-7-21(30)27-22(18)31/h4,6,12,16-18H,5,7-11,13-14H2,1-3H3,(H,26,32)(H,27,30,31). The maximum Gasteiger partial charge on any atom is 0.407 e. The second-order valence-corrected chi connectivity index (χ2v) is 10.2. The summed E-state index contributed by atoms with van der Waals surface area (Å²) in [5.74, 6) is -1.45. The van der Waals surface area contributed by atoms with Crippen LogP contribution in [0, 0.1) is 5.82 Å². The van der Waals surface area contributed by atoms with Crippen molar-refractivity contribution in [2.75, 3.05) is 31.1 Å². The van der Waals surface area contributed by atoms with Crippen molar-refractivity contribution in [1.82, 2.24) is 15.5 Å². The van der Waals surface area contributed by atoms with Crippen molar-refractivity contribution in [3.63, 3.8) is 0 Å². The molecule has 9 heteroatoms. The number of nitrogens with zero attached hydrogens (tertiary/aromatic N) is 2. The molecule has 0 saturated carbocycles. The first-order valence-corrected chi connectivity index (χ1v) is 11.7. The van der Waals surface area contributed by atoms with Gasteiger partial charge in [0.15, 0.2) is 0 Å². The molecule has 1 atom stereocenters. The summed E-state index contributed by atoms with van der Waals surface area (Å²) in [6, 6.07) is 5.43. The molecule has 3 aliphatic heterocycles. The summed E-state index contributed by atoms with van der Waals surface area (Å²) in [5.41, 5.74) is 0.650. The quantitative estimate of drug-likeness (QED) is 0.671. The fourth-order valence-corrected chi connectivity index (χ4v) is 4.77. The number of nitrogens with one attached hydrogen (secondary N) is 2. The first kappa shape index (κ1) is 23.5. The van der Waals surface area contributed by atoms with Crippen LogP contribution in [-0.4, -0.2) is 66.7 Å². The zero-order valence-corrected chi connectivity index (χ0v) is 19.5. The molecule has 0 bridgehead atoms. The van der Waals surface area contributed by atoms with E-state index in [1.165, 1.54) is 6.07 Å². The molecule has 0 radical (unpaired) electrons. The number of benzene rings is 1. The third kappa shape index (κ3) is 5.63. The fourth-order valence-electron chi connectivity index (χ4n) is 4.77. The van der Waals surface area contributed by atoms with Crippen LogP contribution in [0.3, 0.4) is 0 Å². The summed E-state index contributed by atoms with van der Waals surface area (Å²) < 4.78 is 20.2. The van der Waals surface area contributed by atoms with Crippen LogP contribution in [0.5, 0.6) is 0 Å². The Morgan fingerprint density at radius 2 is 1.85 bits per heavy atom. The number of anilines is 1. The minimum Gasteiger partial charge on any atom is -0.444 e. The highest BCUT2D eigenvalue weighted by atomic mass is 19.1. The number of carbonyl (C=O) groups is 3. The van der Waals surface area contributed by atoms with Crippen molar-refractivity contribution in [3.8, 4) is 0 Å². The van der Waals surface area contributed by atoms with E-state index in [0.717, 1.165) is 39.0 Å². The zero-order chi connectivity index (χ0) is 23.8. The molecule has 3 saturated heterocycles. The number of rotatable bonds is 4. The third-order valence-electron chi connectivity index (χ3n) is 6.58. The Hall–Kier alpha value is -2.68. The van der Waals surface area contributed by atoms with E-state index in [4.69, 9.17) is 4.74 Å². The Labute approximate surface area is 193 Å². The van der Waals surface area contributed by atoms with E-state index >= 15 is 0 Å². The summed E-state index contributed by atoms with van der Waals surface area (Å²) in [7, 11) is 0. The minimum atomic E-state index is -0.504. The van der Waals surface area contributed by atoms with Gasteiger partial charge in [0.1, 0.15) is 11.4 Å². The number of hydrogen-bond donors (Lipinski definition) is 2. The van der Waals surface area contributed by atoms with Crippen LogP contribution in [0.15, 0.2) is 18.2 Å². The van der Waals surface area contributed by atoms with Crippen LogP contribution >= 0.6 is 0 Å². The molecule has 3 amide bonds. The number of imide groups is 1. The molecule has 180 valence electrons. The van der Waals surface area contributed by atoms with Gasteiger partial charge < -0.3 is 15.0 Å². The van der Waals surface area contributed by atoms with Gasteiger partial charge in [-0.2, -0.15) is 0 Å². The van der Waals surface area contributed by atoms with Crippen molar-refractivity contribution in [3.05, 3.63) is 29.6 Å². The number of piperidine rings is 2. The van der Waals surface area contributed by atoms with Crippen LogP contribution in [0.25, 0.3) is 0 Å². The van der Waals surface area contributed by atoms with Gasteiger partial charge in [0.25, 0.3) is 0 Å². The van der Waals surface area contributed by atoms with Gasteiger partial charge in [0.05, 0.1) is 11.6 Å². The van der Waals surface area contributed by atoms with Crippen molar-refractivity contribution >= 4 is 23.6 Å². The lowest BCUT2D eigenvalue weighted by Crippen LogP contribution is -2.62. The van der Waals surface area contributed by atoms with E-state index < -0.39 is 11.5 Å². The smallest absolute Gasteiger partial charge is 0.407 e. The van der Waals surface area contributed by atoms with Gasteiger partial charge in [-0.1, -0.05) is 6.07 Å². The predicted octanol–water partition coefficient (Wildman–Crippen LogP) is 2.52. The molecular weight excluding hydrogens is 427 g/mol. The van der Waals surface area contributed by atoms with Crippen LogP contribution in [0.2, 0.25) is 0 Å². The van der Waals surface area contributed by atoms with Crippen LogP contribution < -0.4 is 15.5 Å². The average molecular weight is 461 g/mol. The molecule has 0 aromatic heterocycles. The summed E-state index contributed by atoms with van der Waals surface area (Å²) in [4.78, 5) is 39.8. The first-order chi connectivity index (χ1) is 15.6. The summed E-state index contributed by atoms with van der Waals surface area (Å²) in [6.45, 7) is 8.82. The molecule has 3 heterocycles.